The highest BCUT2D eigenvalue weighted by atomic mass is 16.6. The van der Waals surface area contributed by atoms with Crippen molar-refractivity contribution >= 4 is 17.4 Å². The van der Waals surface area contributed by atoms with Crippen molar-refractivity contribution in [1.29, 1.82) is 5.26 Å². The summed E-state index contributed by atoms with van der Waals surface area (Å²) >= 11 is 0. The van der Waals surface area contributed by atoms with Gasteiger partial charge in [-0.15, -0.1) is 0 Å². The largest absolute Gasteiger partial charge is 0.477 e. The third-order valence-electron chi connectivity index (χ3n) is 5.05. The van der Waals surface area contributed by atoms with E-state index in [1.165, 1.54) is 12.1 Å². The maximum atomic E-state index is 12.6. The molecular weight excluding hydrogens is 396 g/mol. The molecule has 1 amide bonds. The summed E-state index contributed by atoms with van der Waals surface area (Å²) in [4.78, 5) is 23.3. The molecule has 0 aliphatic rings. The van der Waals surface area contributed by atoms with Gasteiger partial charge in [-0.05, 0) is 43.5 Å². The van der Waals surface area contributed by atoms with E-state index < -0.39 is 17.4 Å². The number of amides is 1. The summed E-state index contributed by atoms with van der Waals surface area (Å²) in [5.74, 6) is -0.121. The Morgan fingerprint density at radius 1 is 1.19 bits per heavy atom. The van der Waals surface area contributed by atoms with Crippen LogP contribution in [-0.4, -0.2) is 22.0 Å². The first kappa shape index (κ1) is 21.6. The highest BCUT2D eigenvalue weighted by Gasteiger charge is 2.21. The number of aryl methyl sites for hydroxylation is 1. The van der Waals surface area contributed by atoms with Crippen LogP contribution in [0.4, 0.5) is 11.5 Å². The molecule has 0 unspecified atom stereocenters. The first-order valence-corrected chi connectivity index (χ1v) is 9.63. The fourth-order valence-corrected chi connectivity index (χ4v) is 3.30. The van der Waals surface area contributed by atoms with Crippen molar-refractivity contribution in [2.75, 3.05) is 11.9 Å². The van der Waals surface area contributed by atoms with Gasteiger partial charge in [0.15, 0.2) is 12.4 Å². The molecule has 8 heteroatoms. The lowest BCUT2D eigenvalue weighted by Crippen LogP contribution is -2.23. The van der Waals surface area contributed by atoms with Crippen LogP contribution in [0.25, 0.3) is 0 Å². The number of hydrogen-bond donors (Lipinski definition) is 1. The van der Waals surface area contributed by atoms with Gasteiger partial charge in [-0.1, -0.05) is 36.4 Å². The van der Waals surface area contributed by atoms with Gasteiger partial charge in [0.05, 0.1) is 10.5 Å². The summed E-state index contributed by atoms with van der Waals surface area (Å²) in [5.41, 5.74) is 3.56. The quantitative estimate of drug-likeness (QED) is 0.455. The number of ether oxygens (including phenoxy) is 1. The molecule has 8 nitrogen and oxygen atoms in total. The van der Waals surface area contributed by atoms with E-state index in [9.17, 15) is 20.2 Å². The van der Waals surface area contributed by atoms with Crippen LogP contribution in [0.3, 0.4) is 0 Å². The monoisotopic (exact) mass is 418 g/mol. The molecule has 1 N–H and O–H groups in total. The van der Waals surface area contributed by atoms with Gasteiger partial charge in [0.2, 0.25) is 0 Å². The smallest absolute Gasteiger partial charge is 0.311 e. The van der Waals surface area contributed by atoms with Crippen LogP contribution < -0.4 is 10.1 Å². The second kappa shape index (κ2) is 9.13. The highest BCUT2D eigenvalue weighted by molar-refractivity contribution is 5.93. The topological polar surface area (TPSA) is 110 Å². The van der Waals surface area contributed by atoms with E-state index in [1.54, 1.807) is 13.0 Å². The van der Waals surface area contributed by atoms with Crippen LogP contribution in [0, 0.1) is 42.2 Å². The van der Waals surface area contributed by atoms with E-state index >= 15 is 0 Å². The average Bonchev–Trinajstić information content (AvgIpc) is 2.97. The molecule has 0 aliphatic carbocycles. The van der Waals surface area contributed by atoms with Crippen LogP contribution >= 0.6 is 0 Å². The Labute approximate surface area is 179 Å². The Kier molecular flexibility index (Phi) is 6.36. The minimum Gasteiger partial charge on any atom is -0.477 e. The number of nitrogens with zero attached hydrogens (tertiary/aromatic N) is 3. The van der Waals surface area contributed by atoms with Crippen molar-refractivity contribution in [2.45, 2.75) is 27.3 Å². The summed E-state index contributed by atoms with van der Waals surface area (Å²) in [6.45, 7) is 5.51. The first-order chi connectivity index (χ1) is 14.8. The molecule has 1 aromatic heterocycles. The molecule has 2 aromatic carbocycles. The van der Waals surface area contributed by atoms with E-state index in [2.05, 4.69) is 11.4 Å². The van der Waals surface area contributed by atoms with Crippen molar-refractivity contribution in [3.63, 3.8) is 0 Å². The van der Waals surface area contributed by atoms with Crippen molar-refractivity contribution in [3.8, 4) is 11.8 Å². The fourth-order valence-electron chi connectivity index (χ4n) is 3.30. The number of nitriles is 1. The Hall–Kier alpha value is -4.12. The maximum Gasteiger partial charge on any atom is 0.311 e. The second-order valence-corrected chi connectivity index (χ2v) is 7.18. The molecule has 3 aromatic rings. The number of aromatic nitrogens is 1. The average molecular weight is 418 g/mol. The number of carbonyl (C=O) groups excluding carboxylic acids is 1. The van der Waals surface area contributed by atoms with Gasteiger partial charge < -0.3 is 14.6 Å². The first-order valence-electron chi connectivity index (χ1n) is 9.63. The number of nitro benzene ring substituents is 1. The standard InChI is InChI=1S/C23H22N4O4/c1-15-9-10-21(20(11-15)27(29)30)31-14-22(28)25-23-19(12-24)16(2)17(3)26(23)13-18-7-5-4-6-8-18/h4-11H,13-14H2,1-3H3,(H,25,28). The lowest BCUT2D eigenvalue weighted by molar-refractivity contribution is -0.385. The van der Waals surface area contributed by atoms with Gasteiger partial charge in [0.25, 0.3) is 5.91 Å². The lowest BCUT2D eigenvalue weighted by Gasteiger charge is -2.14. The van der Waals surface area contributed by atoms with Crippen molar-refractivity contribution in [3.05, 3.63) is 86.6 Å². The number of hydrogen-bond acceptors (Lipinski definition) is 5. The molecule has 158 valence electrons. The summed E-state index contributed by atoms with van der Waals surface area (Å²) in [5, 5.41) is 23.6. The predicted octanol–water partition coefficient (Wildman–Crippen LogP) is 4.26. The highest BCUT2D eigenvalue weighted by Crippen LogP contribution is 2.29. The zero-order chi connectivity index (χ0) is 22.5. The van der Waals surface area contributed by atoms with Gasteiger partial charge in [-0.2, -0.15) is 5.26 Å². The molecule has 0 atom stereocenters. The summed E-state index contributed by atoms with van der Waals surface area (Å²) in [7, 11) is 0. The third-order valence-corrected chi connectivity index (χ3v) is 5.05. The molecule has 0 bridgehead atoms. The third kappa shape index (κ3) is 4.73. The normalized spacial score (nSPS) is 10.4. The summed E-state index contributed by atoms with van der Waals surface area (Å²) in [6, 6.07) is 16.4. The second-order valence-electron chi connectivity index (χ2n) is 7.18. The van der Waals surface area contributed by atoms with Crippen LogP contribution in [-0.2, 0) is 11.3 Å². The van der Waals surface area contributed by atoms with E-state index in [4.69, 9.17) is 4.74 Å². The molecule has 0 radical (unpaired) electrons. The van der Waals surface area contributed by atoms with Crippen molar-refractivity contribution in [2.24, 2.45) is 0 Å². The number of anilines is 1. The van der Waals surface area contributed by atoms with Crippen LogP contribution in [0.1, 0.15) is 27.9 Å². The van der Waals surface area contributed by atoms with Crippen LogP contribution in [0.5, 0.6) is 5.75 Å². The van der Waals surface area contributed by atoms with Gasteiger partial charge >= 0.3 is 5.69 Å². The molecular formula is C23H22N4O4. The van der Waals surface area contributed by atoms with Crippen molar-refractivity contribution in [1.82, 2.24) is 4.57 Å². The SMILES string of the molecule is Cc1ccc(OCC(=O)Nc2c(C#N)c(C)c(C)n2Cc2ccccc2)c([N+](=O)[O-])c1. The lowest BCUT2D eigenvalue weighted by atomic mass is 10.2. The van der Waals surface area contributed by atoms with E-state index in [0.29, 0.717) is 23.5 Å². The van der Waals surface area contributed by atoms with Gasteiger partial charge in [0.1, 0.15) is 11.9 Å². The molecule has 0 aliphatic heterocycles. The Morgan fingerprint density at radius 3 is 2.55 bits per heavy atom. The minimum atomic E-state index is -0.550. The molecule has 0 saturated carbocycles. The van der Waals surface area contributed by atoms with Crippen LogP contribution in [0.15, 0.2) is 48.5 Å². The Bertz CT molecular complexity index is 1180. The Morgan fingerprint density at radius 2 is 1.90 bits per heavy atom. The number of carbonyl (C=O) groups is 1. The molecule has 3 rings (SSSR count). The maximum absolute atomic E-state index is 12.6. The summed E-state index contributed by atoms with van der Waals surface area (Å²) in [6.07, 6.45) is 0. The van der Waals surface area contributed by atoms with Gasteiger partial charge in [-0.3, -0.25) is 14.9 Å². The Balaban J connectivity index is 1.82. The molecule has 0 spiro atoms. The number of nitrogens with one attached hydrogen (secondary N) is 1. The van der Waals surface area contributed by atoms with E-state index in [-0.39, 0.29) is 11.4 Å². The predicted molar refractivity (Wildman–Crippen MR) is 116 cm³/mol. The van der Waals surface area contributed by atoms with E-state index in [0.717, 1.165) is 16.8 Å². The van der Waals surface area contributed by atoms with Gasteiger partial charge in [0, 0.05) is 18.3 Å². The molecule has 0 saturated heterocycles. The molecule has 0 fully saturated rings. The van der Waals surface area contributed by atoms with Gasteiger partial charge in [-0.25, -0.2) is 0 Å². The summed E-state index contributed by atoms with van der Waals surface area (Å²) < 4.78 is 7.28. The minimum absolute atomic E-state index is 0.0123. The number of benzene rings is 2. The fraction of sp³-hybridized carbons (Fsp3) is 0.217. The number of nitro groups is 1. The van der Waals surface area contributed by atoms with Crippen molar-refractivity contribution < 1.29 is 14.5 Å². The zero-order valence-electron chi connectivity index (χ0n) is 17.5. The van der Waals surface area contributed by atoms with Crippen LogP contribution in [0.2, 0.25) is 0 Å². The zero-order valence-corrected chi connectivity index (χ0v) is 17.5. The number of rotatable bonds is 7. The van der Waals surface area contributed by atoms with E-state index in [1.807, 2.05) is 48.7 Å². The molecule has 31 heavy (non-hydrogen) atoms. The molecule has 1 heterocycles.